The van der Waals surface area contributed by atoms with E-state index in [1.165, 1.54) is 0 Å². The van der Waals surface area contributed by atoms with Crippen LogP contribution in [-0.2, 0) is 11.2 Å². The largest absolute Gasteiger partial charge is 0.309 e. The quantitative estimate of drug-likeness (QED) is 0.820. The number of aromatic nitrogens is 1. The lowest BCUT2D eigenvalue weighted by Crippen LogP contribution is -2.59. The van der Waals surface area contributed by atoms with Gasteiger partial charge in [0.15, 0.2) is 0 Å². The van der Waals surface area contributed by atoms with Crippen LogP contribution in [0.2, 0.25) is 10.2 Å². The zero-order valence-electron chi connectivity index (χ0n) is 13.6. The van der Waals surface area contributed by atoms with Crippen molar-refractivity contribution in [2.45, 2.75) is 32.4 Å². The fourth-order valence-corrected chi connectivity index (χ4v) is 3.58. The van der Waals surface area contributed by atoms with Gasteiger partial charge in [-0.25, -0.2) is 9.99 Å². The molecule has 0 radical (unpaired) electrons. The summed E-state index contributed by atoms with van der Waals surface area (Å²) >= 11 is 12.2. The molecule has 24 heavy (non-hydrogen) atoms. The first-order chi connectivity index (χ1) is 11.4. The van der Waals surface area contributed by atoms with Gasteiger partial charge >= 0.3 is 0 Å². The highest BCUT2D eigenvalue weighted by Crippen LogP contribution is 2.24. The Morgan fingerprint density at radius 1 is 1.29 bits per heavy atom. The van der Waals surface area contributed by atoms with Gasteiger partial charge in [-0.1, -0.05) is 23.2 Å². The van der Waals surface area contributed by atoms with E-state index in [-0.39, 0.29) is 12.3 Å². The van der Waals surface area contributed by atoms with Crippen molar-refractivity contribution in [3.63, 3.8) is 0 Å². The Labute approximate surface area is 151 Å². The van der Waals surface area contributed by atoms with Gasteiger partial charge in [0, 0.05) is 35.6 Å². The number of rotatable bonds is 3. The first-order valence-corrected chi connectivity index (χ1v) is 8.71. The van der Waals surface area contributed by atoms with Crippen molar-refractivity contribution in [1.82, 2.24) is 20.7 Å². The van der Waals surface area contributed by atoms with Crippen LogP contribution in [0.4, 0.5) is 0 Å². The number of carbonyl (C=O) groups excluding carboxylic acids is 1. The van der Waals surface area contributed by atoms with Gasteiger partial charge in [-0.2, -0.15) is 0 Å². The van der Waals surface area contributed by atoms with Crippen molar-refractivity contribution >= 4 is 40.0 Å². The number of hydrazine groups is 1. The van der Waals surface area contributed by atoms with E-state index in [9.17, 15) is 4.79 Å². The Hall–Kier alpha value is -1.40. The minimum Gasteiger partial charge on any atom is -0.309 e. The second-order valence-corrected chi connectivity index (χ2v) is 7.17. The van der Waals surface area contributed by atoms with Crippen molar-refractivity contribution in [3.05, 3.63) is 40.0 Å². The van der Waals surface area contributed by atoms with Gasteiger partial charge in [-0.15, -0.1) is 0 Å². The molecule has 1 amide bonds. The third-order valence-corrected chi connectivity index (χ3v) is 4.45. The molecule has 1 aliphatic heterocycles. The van der Waals surface area contributed by atoms with Crippen LogP contribution < -0.4 is 10.7 Å². The van der Waals surface area contributed by atoms with Crippen molar-refractivity contribution in [1.29, 1.82) is 0 Å². The summed E-state index contributed by atoms with van der Waals surface area (Å²) in [5.41, 5.74) is 4.54. The number of amides is 1. The molecule has 3 rings (SSSR count). The molecule has 0 unspecified atom stereocenters. The molecule has 2 aromatic rings. The smallest absolute Gasteiger partial charge is 0.238 e. The van der Waals surface area contributed by atoms with Crippen LogP contribution in [0.3, 0.4) is 0 Å². The van der Waals surface area contributed by atoms with E-state index in [0.717, 1.165) is 29.6 Å². The van der Waals surface area contributed by atoms with Gasteiger partial charge in [0.05, 0.1) is 11.9 Å². The van der Waals surface area contributed by atoms with Gasteiger partial charge in [-0.05, 0) is 43.7 Å². The number of benzene rings is 1. The summed E-state index contributed by atoms with van der Waals surface area (Å²) in [6.45, 7) is 5.76. The highest BCUT2D eigenvalue weighted by molar-refractivity contribution is 6.32. The van der Waals surface area contributed by atoms with Gasteiger partial charge in [0.2, 0.25) is 5.91 Å². The summed E-state index contributed by atoms with van der Waals surface area (Å²) in [5, 5.41) is 7.23. The number of hydrogen-bond donors (Lipinski definition) is 2. The van der Waals surface area contributed by atoms with E-state index in [1.54, 1.807) is 12.1 Å². The molecular formula is C17H20Cl2N4O. The van der Waals surface area contributed by atoms with E-state index in [2.05, 4.69) is 29.6 Å². The van der Waals surface area contributed by atoms with Crippen LogP contribution in [0, 0.1) is 0 Å². The molecule has 1 fully saturated rings. The summed E-state index contributed by atoms with van der Waals surface area (Å²) < 4.78 is 0. The SMILES string of the molecule is C[C@@H]1CN(NC(=O)Cc2cc(Cl)nc3ccc(Cl)cc23)C[C@H](C)N1. The number of hydrogen-bond acceptors (Lipinski definition) is 4. The van der Waals surface area contributed by atoms with Gasteiger partial charge in [-0.3, -0.25) is 10.2 Å². The number of nitrogens with one attached hydrogen (secondary N) is 2. The normalized spacial score (nSPS) is 21.8. The topological polar surface area (TPSA) is 57.3 Å². The number of piperazine rings is 1. The van der Waals surface area contributed by atoms with Gasteiger partial charge in [0.25, 0.3) is 0 Å². The van der Waals surface area contributed by atoms with Gasteiger partial charge in [0.1, 0.15) is 5.15 Å². The van der Waals surface area contributed by atoms with Crippen molar-refractivity contribution in [3.8, 4) is 0 Å². The predicted molar refractivity (Wildman–Crippen MR) is 97.2 cm³/mol. The molecular weight excluding hydrogens is 347 g/mol. The average Bonchev–Trinajstić information content (AvgIpc) is 2.46. The summed E-state index contributed by atoms with van der Waals surface area (Å²) in [7, 11) is 0. The van der Waals surface area contributed by atoms with E-state index < -0.39 is 0 Å². The zero-order valence-corrected chi connectivity index (χ0v) is 15.2. The number of carbonyl (C=O) groups is 1. The van der Waals surface area contributed by atoms with Crippen molar-refractivity contribution in [2.24, 2.45) is 0 Å². The lowest BCUT2D eigenvalue weighted by molar-refractivity contribution is -0.126. The second-order valence-electron chi connectivity index (χ2n) is 6.35. The van der Waals surface area contributed by atoms with Crippen molar-refractivity contribution in [2.75, 3.05) is 13.1 Å². The second kappa shape index (κ2) is 7.23. The molecule has 2 N–H and O–H groups in total. The third kappa shape index (κ3) is 4.16. The molecule has 128 valence electrons. The Bertz CT molecular complexity index is 758. The molecule has 1 aromatic carbocycles. The lowest BCUT2D eigenvalue weighted by atomic mass is 10.1. The van der Waals surface area contributed by atoms with Gasteiger partial charge < -0.3 is 5.32 Å². The number of pyridine rings is 1. The molecule has 2 heterocycles. The highest BCUT2D eigenvalue weighted by Gasteiger charge is 2.22. The molecule has 1 aliphatic rings. The highest BCUT2D eigenvalue weighted by atomic mass is 35.5. The van der Waals surface area contributed by atoms with Crippen LogP contribution in [0.15, 0.2) is 24.3 Å². The van der Waals surface area contributed by atoms with Crippen LogP contribution in [0.25, 0.3) is 10.9 Å². The van der Waals surface area contributed by atoms with Crippen molar-refractivity contribution < 1.29 is 4.79 Å². The minimum absolute atomic E-state index is 0.0696. The van der Waals surface area contributed by atoms with E-state index in [4.69, 9.17) is 23.2 Å². The monoisotopic (exact) mass is 366 g/mol. The first kappa shape index (κ1) is 17.4. The summed E-state index contributed by atoms with van der Waals surface area (Å²) in [5.74, 6) is -0.0696. The predicted octanol–water partition coefficient (Wildman–Crippen LogP) is 2.80. The molecule has 0 bridgehead atoms. The summed E-state index contributed by atoms with van der Waals surface area (Å²) in [6, 6.07) is 7.79. The molecule has 1 saturated heterocycles. The zero-order chi connectivity index (χ0) is 17.3. The Balaban J connectivity index is 1.77. The molecule has 0 saturated carbocycles. The number of halogens is 2. The number of nitrogens with zero attached hydrogens (tertiary/aromatic N) is 2. The summed E-state index contributed by atoms with van der Waals surface area (Å²) in [4.78, 5) is 16.7. The number of fused-ring (bicyclic) bond motifs is 1. The van der Waals surface area contributed by atoms with E-state index >= 15 is 0 Å². The van der Waals surface area contributed by atoms with Crippen LogP contribution in [0.5, 0.6) is 0 Å². The van der Waals surface area contributed by atoms with Crippen LogP contribution in [-0.4, -0.2) is 41.1 Å². The molecule has 7 heteroatoms. The fraction of sp³-hybridized carbons (Fsp3) is 0.412. The van der Waals surface area contributed by atoms with E-state index in [1.807, 2.05) is 17.1 Å². The minimum atomic E-state index is -0.0696. The maximum Gasteiger partial charge on any atom is 0.238 e. The molecule has 5 nitrogen and oxygen atoms in total. The lowest BCUT2D eigenvalue weighted by Gasteiger charge is -2.36. The molecule has 0 spiro atoms. The first-order valence-electron chi connectivity index (χ1n) is 7.96. The van der Waals surface area contributed by atoms with E-state index in [0.29, 0.717) is 22.3 Å². The maximum atomic E-state index is 12.5. The Morgan fingerprint density at radius 3 is 2.71 bits per heavy atom. The standard InChI is InChI=1S/C17H20Cl2N4O/c1-10-8-23(9-11(2)20-10)22-17(24)6-12-5-16(19)21-15-4-3-13(18)7-14(12)15/h3-5,7,10-11,20H,6,8-9H2,1-2H3,(H,22,24)/t10-,11+. The van der Waals surface area contributed by atoms with Crippen LogP contribution >= 0.6 is 23.2 Å². The van der Waals surface area contributed by atoms with Crippen LogP contribution in [0.1, 0.15) is 19.4 Å². The maximum absolute atomic E-state index is 12.5. The molecule has 0 aliphatic carbocycles. The third-order valence-electron chi connectivity index (χ3n) is 4.02. The average molecular weight is 367 g/mol. The summed E-state index contributed by atoms with van der Waals surface area (Å²) in [6.07, 6.45) is 0.228. The molecule has 1 aromatic heterocycles. The molecule has 2 atom stereocenters. The Morgan fingerprint density at radius 2 is 2.00 bits per heavy atom. The Kier molecular flexibility index (Phi) is 5.25. The fourth-order valence-electron chi connectivity index (χ4n) is 3.19.